The molecule has 0 radical (unpaired) electrons. The Morgan fingerprint density at radius 3 is 2.08 bits per heavy atom. The van der Waals surface area contributed by atoms with Crippen molar-refractivity contribution in [3.8, 4) is 0 Å². The number of carbonyl (C=O) groups excluding carboxylic acids is 1. The molecule has 12 heavy (non-hydrogen) atoms. The Labute approximate surface area is 69.5 Å². The van der Waals surface area contributed by atoms with Crippen LogP contribution < -0.4 is 5.11 Å². The van der Waals surface area contributed by atoms with Gasteiger partial charge in [0.2, 0.25) is 6.04 Å². The highest BCUT2D eigenvalue weighted by molar-refractivity contribution is 5.67. The molecule has 0 amide bonds. The van der Waals surface area contributed by atoms with Crippen molar-refractivity contribution < 1.29 is 14.8 Å². The topological polar surface area (TPSA) is 83.3 Å². The molecule has 0 aromatic rings. The van der Waals surface area contributed by atoms with Crippen molar-refractivity contribution in [2.24, 2.45) is 5.92 Å². The van der Waals surface area contributed by atoms with E-state index in [4.69, 9.17) is 0 Å². The Bertz CT molecular complexity index is 174. The van der Waals surface area contributed by atoms with Crippen molar-refractivity contribution in [1.29, 1.82) is 0 Å². The zero-order valence-corrected chi connectivity index (χ0v) is 6.56. The van der Waals surface area contributed by atoms with Crippen molar-refractivity contribution in [3.05, 3.63) is 10.1 Å². The van der Waals surface area contributed by atoms with Gasteiger partial charge in [0.15, 0.2) is 0 Å². The van der Waals surface area contributed by atoms with E-state index in [9.17, 15) is 20.0 Å². The second-order valence-electron chi connectivity index (χ2n) is 3.11. The van der Waals surface area contributed by atoms with Crippen LogP contribution in [0.3, 0.4) is 0 Å². The fraction of sp³-hybridized carbons (Fsp3) is 0.857. The maximum absolute atomic E-state index is 10.3. The van der Waals surface area contributed by atoms with Gasteiger partial charge in [0.25, 0.3) is 0 Å². The number of nitrogens with zero attached hydrogens (tertiary/aromatic N) is 1. The Morgan fingerprint density at radius 2 is 1.75 bits per heavy atom. The zero-order chi connectivity index (χ0) is 9.14. The molecule has 0 spiro atoms. The molecule has 0 aromatic carbocycles. The van der Waals surface area contributed by atoms with Gasteiger partial charge >= 0.3 is 0 Å². The van der Waals surface area contributed by atoms with Crippen LogP contribution in [0.2, 0.25) is 0 Å². The van der Waals surface area contributed by atoms with E-state index in [2.05, 4.69) is 0 Å². The van der Waals surface area contributed by atoms with Crippen LogP contribution in [0.1, 0.15) is 25.7 Å². The van der Waals surface area contributed by atoms with Crippen molar-refractivity contribution in [1.82, 2.24) is 0 Å². The summed E-state index contributed by atoms with van der Waals surface area (Å²) in [6.07, 6.45) is 1.50. The minimum Gasteiger partial charge on any atom is -0.550 e. The normalized spacial score (nSPS) is 29.7. The first-order valence-corrected chi connectivity index (χ1v) is 3.95. The molecule has 0 heterocycles. The van der Waals surface area contributed by atoms with Gasteiger partial charge in [0.05, 0.1) is 0 Å². The van der Waals surface area contributed by atoms with E-state index in [1.165, 1.54) is 0 Å². The molecule has 0 saturated heterocycles. The number of carboxylic acid groups (broad SMARTS) is 1. The largest absolute Gasteiger partial charge is 0.550 e. The lowest BCUT2D eigenvalue weighted by Crippen LogP contribution is -2.36. The van der Waals surface area contributed by atoms with Crippen LogP contribution in [0, 0.1) is 16.0 Å². The first-order chi connectivity index (χ1) is 5.61. The lowest BCUT2D eigenvalue weighted by atomic mass is 9.86. The average Bonchev–Trinajstić information content (AvgIpc) is 2.04. The van der Waals surface area contributed by atoms with E-state index in [0.717, 1.165) is 0 Å². The number of nitro groups is 1. The number of aliphatic carboxylic acids is 1. The van der Waals surface area contributed by atoms with Gasteiger partial charge in [0, 0.05) is 23.7 Å². The van der Waals surface area contributed by atoms with Crippen LogP contribution in [0.5, 0.6) is 0 Å². The molecular formula is C7H10NO4-. The highest BCUT2D eigenvalue weighted by Gasteiger charge is 2.28. The fourth-order valence-corrected chi connectivity index (χ4v) is 1.52. The standard InChI is InChI=1S/C7H11NO4/c9-7(10)5-1-3-6(4-2-5)8(11)12/h5-6H,1-4H2,(H,9,10)/p-1. The number of carboxylic acids is 1. The first kappa shape index (κ1) is 8.96. The molecule has 0 unspecified atom stereocenters. The minimum atomic E-state index is -1.07. The van der Waals surface area contributed by atoms with Crippen LogP contribution in [0.15, 0.2) is 0 Å². The van der Waals surface area contributed by atoms with Gasteiger partial charge < -0.3 is 9.90 Å². The molecule has 0 bridgehead atoms. The van der Waals surface area contributed by atoms with Gasteiger partial charge in [-0.2, -0.15) is 0 Å². The molecule has 0 aliphatic heterocycles. The SMILES string of the molecule is O=C([O-])C1CCC([N+](=O)[O-])CC1. The molecule has 0 atom stereocenters. The summed E-state index contributed by atoms with van der Waals surface area (Å²) in [7, 11) is 0. The average molecular weight is 172 g/mol. The molecular weight excluding hydrogens is 162 g/mol. The zero-order valence-electron chi connectivity index (χ0n) is 6.56. The van der Waals surface area contributed by atoms with Crippen LogP contribution in [-0.4, -0.2) is 16.9 Å². The molecule has 68 valence electrons. The Hall–Kier alpha value is -1.13. The quantitative estimate of drug-likeness (QED) is 0.418. The maximum atomic E-state index is 10.3. The third-order valence-corrected chi connectivity index (χ3v) is 2.33. The second-order valence-corrected chi connectivity index (χ2v) is 3.11. The van der Waals surface area contributed by atoms with Crippen molar-refractivity contribution in [3.63, 3.8) is 0 Å². The van der Waals surface area contributed by atoms with Gasteiger partial charge in [-0.1, -0.05) is 0 Å². The van der Waals surface area contributed by atoms with Gasteiger partial charge in [-0.05, 0) is 18.8 Å². The highest BCUT2D eigenvalue weighted by atomic mass is 16.6. The third kappa shape index (κ3) is 1.93. The summed E-state index contributed by atoms with van der Waals surface area (Å²) in [5.74, 6) is -1.54. The van der Waals surface area contributed by atoms with Gasteiger partial charge in [0.1, 0.15) is 0 Å². The molecule has 0 N–H and O–H groups in total. The molecule has 1 fully saturated rings. The van der Waals surface area contributed by atoms with E-state index >= 15 is 0 Å². The van der Waals surface area contributed by atoms with E-state index < -0.39 is 17.9 Å². The van der Waals surface area contributed by atoms with E-state index in [0.29, 0.717) is 25.7 Å². The number of hydrogen-bond donors (Lipinski definition) is 0. The number of hydrogen-bond acceptors (Lipinski definition) is 4. The fourth-order valence-electron chi connectivity index (χ4n) is 1.52. The smallest absolute Gasteiger partial charge is 0.213 e. The van der Waals surface area contributed by atoms with E-state index in [1.807, 2.05) is 0 Å². The molecule has 1 aliphatic rings. The Morgan fingerprint density at radius 1 is 1.25 bits per heavy atom. The van der Waals surface area contributed by atoms with Gasteiger partial charge in [-0.15, -0.1) is 0 Å². The summed E-state index contributed by atoms with van der Waals surface area (Å²) < 4.78 is 0. The summed E-state index contributed by atoms with van der Waals surface area (Å²) in [5.41, 5.74) is 0. The summed E-state index contributed by atoms with van der Waals surface area (Å²) >= 11 is 0. The van der Waals surface area contributed by atoms with E-state index in [-0.39, 0.29) is 4.92 Å². The highest BCUT2D eigenvalue weighted by Crippen LogP contribution is 2.25. The summed E-state index contributed by atoms with van der Waals surface area (Å²) in [6, 6.07) is -0.541. The lowest BCUT2D eigenvalue weighted by Gasteiger charge is -2.24. The molecule has 0 aromatic heterocycles. The second kappa shape index (κ2) is 3.51. The van der Waals surface area contributed by atoms with Gasteiger partial charge in [-0.3, -0.25) is 10.1 Å². The number of carbonyl (C=O) groups is 1. The lowest BCUT2D eigenvalue weighted by molar-refractivity contribution is -0.527. The molecule has 1 aliphatic carbocycles. The molecule has 5 nitrogen and oxygen atoms in total. The third-order valence-electron chi connectivity index (χ3n) is 2.33. The molecule has 1 saturated carbocycles. The van der Waals surface area contributed by atoms with Crippen molar-refractivity contribution >= 4 is 5.97 Å². The maximum Gasteiger partial charge on any atom is 0.213 e. The minimum absolute atomic E-state index is 0.328. The monoisotopic (exact) mass is 172 g/mol. The summed E-state index contributed by atoms with van der Waals surface area (Å²) in [5, 5.41) is 20.6. The predicted molar refractivity (Wildman–Crippen MR) is 37.7 cm³/mol. The predicted octanol–water partition coefficient (Wildman–Crippen LogP) is -0.428. The van der Waals surface area contributed by atoms with E-state index in [1.54, 1.807) is 0 Å². The van der Waals surface area contributed by atoms with Crippen LogP contribution in [0.25, 0.3) is 0 Å². The summed E-state index contributed by atoms with van der Waals surface area (Å²) in [4.78, 5) is 20.3. The van der Waals surface area contributed by atoms with Crippen molar-refractivity contribution in [2.45, 2.75) is 31.7 Å². The molecule has 1 rings (SSSR count). The van der Waals surface area contributed by atoms with Crippen LogP contribution in [0.4, 0.5) is 0 Å². The first-order valence-electron chi connectivity index (χ1n) is 3.95. The van der Waals surface area contributed by atoms with Crippen molar-refractivity contribution in [2.75, 3.05) is 0 Å². The van der Waals surface area contributed by atoms with Gasteiger partial charge in [-0.25, -0.2) is 0 Å². The summed E-state index contributed by atoms with van der Waals surface area (Å²) in [6.45, 7) is 0. The van der Waals surface area contributed by atoms with Crippen LogP contribution in [-0.2, 0) is 4.79 Å². The Kier molecular flexibility index (Phi) is 2.62. The molecule has 5 heteroatoms. The Balaban J connectivity index is 2.39. The van der Waals surface area contributed by atoms with Crippen LogP contribution >= 0.6 is 0 Å². The number of rotatable bonds is 2.